The van der Waals surface area contributed by atoms with Crippen molar-refractivity contribution in [1.82, 2.24) is 15.2 Å². The molecule has 0 aliphatic rings. The van der Waals surface area contributed by atoms with E-state index in [0.29, 0.717) is 24.3 Å². The largest absolute Gasteiger partial charge is 0.461 e. The van der Waals surface area contributed by atoms with Crippen LogP contribution in [0.25, 0.3) is 0 Å². The molecule has 6 atom stereocenters. The highest BCUT2D eigenvalue weighted by Gasteiger charge is 2.33. The van der Waals surface area contributed by atoms with Gasteiger partial charge in [-0.1, -0.05) is 89.9 Å². The van der Waals surface area contributed by atoms with Crippen LogP contribution in [0.1, 0.15) is 81.0 Å². The van der Waals surface area contributed by atoms with E-state index in [-0.39, 0.29) is 60.6 Å². The van der Waals surface area contributed by atoms with Crippen LogP contribution in [0.4, 0.5) is 0 Å². The summed E-state index contributed by atoms with van der Waals surface area (Å²) in [5.74, 6) is 1.40. The molecule has 0 saturated carbocycles. The van der Waals surface area contributed by atoms with Crippen LogP contribution in [0.3, 0.4) is 0 Å². The third kappa shape index (κ3) is 11.7. The van der Waals surface area contributed by atoms with Gasteiger partial charge in [0.15, 0.2) is 0 Å². The molecule has 0 spiro atoms. The van der Waals surface area contributed by atoms with Crippen LogP contribution in [-0.2, 0) is 25.5 Å². The molecule has 2 rings (SSSR count). The summed E-state index contributed by atoms with van der Waals surface area (Å²) in [4.78, 5) is 45.6. The van der Waals surface area contributed by atoms with Gasteiger partial charge < -0.3 is 25.4 Å². The van der Waals surface area contributed by atoms with Crippen LogP contribution in [0.5, 0.6) is 0 Å². The smallest absolute Gasteiger partial charge is 0.309 e. The SMILES string of the molecule is C#CCO[C@H](C[C@H](C(C)C)N(C)C(=O)[C@@H](N)[C@@H](C)CC)c1nc(C(=O)N[C@@H](Cc2ccccc2)C[C@H](C)C(=O)OCC=C)cs1. The Hall–Kier alpha value is -3.52. The lowest BCUT2D eigenvalue weighted by Crippen LogP contribution is -2.51. The van der Waals surface area contributed by atoms with E-state index in [1.54, 1.807) is 24.3 Å². The first-order valence-electron chi connectivity index (χ1n) is 15.6. The lowest BCUT2D eigenvalue weighted by Gasteiger charge is -2.35. The van der Waals surface area contributed by atoms with E-state index >= 15 is 0 Å². The van der Waals surface area contributed by atoms with Gasteiger partial charge in [-0.2, -0.15) is 0 Å². The van der Waals surface area contributed by atoms with Crippen LogP contribution in [0, 0.1) is 30.1 Å². The van der Waals surface area contributed by atoms with E-state index < -0.39 is 18.1 Å². The van der Waals surface area contributed by atoms with E-state index in [1.165, 1.54) is 17.4 Å². The fraction of sp³-hybridized carbons (Fsp3) is 0.543. The number of benzene rings is 1. The number of hydrogen-bond donors (Lipinski definition) is 2. The van der Waals surface area contributed by atoms with E-state index in [2.05, 4.69) is 22.8 Å². The number of ether oxygens (including phenoxy) is 2. The second-order valence-electron chi connectivity index (χ2n) is 11.9. The quantitative estimate of drug-likeness (QED) is 0.124. The summed E-state index contributed by atoms with van der Waals surface area (Å²) in [7, 11) is 1.77. The number of thiazole rings is 1. The molecular formula is C35H50N4O5S. The first-order chi connectivity index (χ1) is 21.4. The zero-order chi connectivity index (χ0) is 33.5. The normalized spacial score (nSPS) is 15.2. The van der Waals surface area contributed by atoms with Gasteiger partial charge in [0.25, 0.3) is 5.91 Å². The van der Waals surface area contributed by atoms with Crippen molar-refractivity contribution in [1.29, 1.82) is 0 Å². The number of carbonyl (C=O) groups excluding carboxylic acids is 3. The van der Waals surface area contributed by atoms with Crippen LogP contribution in [-0.4, -0.2) is 66.1 Å². The van der Waals surface area contributed by atoms with Gasteiger partial charge in [0, 0.05) is 30.9 Å². The van der Waals surface area contributed by atoms with Gasteiger partial charge in [-0.05, 0) is 30.2 Å². The number of amides is 2. The van der Waals surface area contributed by atoms with Gasteiger partial charge in [-0.15, -0.1) is 17.8 Å². The minimum atomic E-state index is -0.600. The highest BCUT2D eigenvalue weighted by Crippen LogP contribution is 2.30. The third-order valence-corrected chi connectivity index (χ3v) is 8.99. The molecule has 0 aliphatic carbocycles. The molecular weight excluding hydrogens is 588 g/mol. The number of carbonyl (C=O) groups is 3. The molecule has 246 valence electrons. The van der Waals surface area contributed by atoms with Gasteiger partial charge >= 0.3 is 5.97 Å². The predicted molar refractivity (Wildman–Crippen MR) is 179 cm³/mol. The first-order valence-corrected chi connectivity index (χ1v) is 16.5. The van der Waals surface area contributed by atoms with Crippen molar-refractivity contribution < 1.29 is 23.9 Å². The number of likely N-dealkylation sites (N-methyl/N-ethyl adjacent to an activating group) is 1. The predicted octanol–water partition coefficient (Wildman–Crippen LogP) is 5.18. The Morgan fingerprint density at radius 2 is 1.87 bits per heavy atom. The molecule has 0 fully saturated rings. The number of nitrogens with zero attached hydrogens (tertiary/aromatic N) is 2. The van der Waals surface area contributed by atoms with Gasteiger partial charge in [0.05, 0.1) is 12.0 Å². The lowest BCUT2D eigenvalue weighted by molar-refractivity contribution is -0.147. The molecule has 0 aliphatic heterocycles. The first kappa shape index (κ1) is 37.7. The van der Waals surface area contributed by atoms with Crippen molar-refractivity contribution in [3.63, 3.8) is 0 Å². The minimum Gasteiger partial charge on any atom is -0.461 e. The van der Waals surface area contributed by atoms with Crippen molar-refractivity contribution in [2.75, 3.05) is 20.3 Å². The van der Waals surface area contributed by atoms with Crippen molar-refractivity contribution in [3.05, 3.63) is 64.6 Å². The average molecular weight is 639 g/mol. The summed E-state index contributed by atoms with van der Waals surface area (Å²) in [5.41, 5.74) is 7.57. The maximum Gasteiger partial charge on any atom is 0.309 e. The van der Waals surface area contributed by atoms with Crippen molar-refractivity contribution in [2.45, 2.75) is 84.5 Å². The molecule has 0 radical (unpaired) electrons. The highest BCUT2D eigenvalue weighted by atomic mass is 32.1. The van der Waals surface area contributed by atoms with Gasteiger partial charge in [-0.25, -0.2) is 4.98 Å². The molecule has 1 heterocycles. The molecule has 2 amide bonds. The molecule has 1 aromatic heterocycles. The third-order valence-electron chi connectivity index (χ3n) is 8.05. The summed E-state index contributed by atoms with van der Waals surface area (Å²) in [5, 5.41) is 5.36. The van der Waals surface area contributed by atoms with Crippen molar-refractivity contribution in [2.24, 2.45) is 23.5 Å². The number of rotatable bonds is 19. The second kappa shape index (κ2) is 19.1. The molecule has 9 nitrogen and oxygen atoms in total. The van der Waals surface area contributed by atoms with Gasteiger partial charge in [0.1, 0.15) is 30.0 Å². The molecule has 3 N–H and O–H groups in total. The Kier molecular flexibility index (Phi) is 16.0. The lowest BCUT2D eigenvalue weighted by atomic mass is 9.93. The van der Waals surface area contributed by atoms with Crippen LogP contribution >= 0.6 is 11.3 Å². The molecule has 0 bridgehead atoms. The zero-order valence-electron chi connectivity index (χ0n) is 27.5. The van der Waals surface area contributed by atoms with Crippen molar-refractivity contribution in [3.8, 4) is 12.3 Å². The monoisotopic (exact) mass is 638 g/mol. The Morgan fingerprint density at radius 1 is 1.18 bits per heavy atom. The van der Waals surface area contributed by atoms with Crippen LogP contribution < -0.4 is 11.1 Å². The van der Waals surface area contributed by atoms with Gasteiger partial charge in [0.2, 0.25) is 5.91 Å². The topological polar surface area (TPSA) is 124 Å². The Morgan fingerprint density at radius 3 is 2.47 bits per heavy atom. The molecule has 0 unspecified atom stereocenters. The molecule has 2 aromatic rings. The second-order valence-corrected chi connectivity index (χ2v) is 12.8. The summed E-state index contributed by atoms with van der Waals surface area (Å²) in [6.07, 6.45) is 8.67. The summed E-state index contributed by atoms with van der Waals surface area (Å²) in [6, 6.07) is 8.63. The molecule has 45 heavy (non-hydrogen) atoms. The Labute approximate surface area is 273 Å². The summed E-state index contributed by atoms with van der Waals surface area (Å²) in [6.45, 7) is 13.6. The van der Waals surface area contributed by atoms with E-state index in [4.69, 9.17) is 21.6 Å². The molecule has 10 heteroatoms. The average Bonchev–Trinajstić information content (AvgIpc) is 3.53. The number of esters is 1. The Balaban J connectivity index is 2.26. The standard InChI is InChI=1S/C35H50N4O5S/c1-9-17-43-30(21-29(23(4)5)39(8)34(41)31(36)24(6)11-3)33-38-28(22-45-33)32(40)37-27(20-26-15-13-12-14-16-26)19-25(7)35(42)44-18-10-2/h1,10,12-16,22-25,27,29-31H,2,11,17-21,36H2,3-8H3,(H,37,40)/t24-,25-,27+,29+,30+,31-/m0/s1. The zero-order valence-corrected chi connectivity index (χ0v) is 28.3. The number of nitrogens with one attached hydrogen (secondary N) is 1. The molecule has 1 aromatic carbocycles. The van der Waals surface area contributed by atoms with Crippen LogP contribution in [0.2, 0.25) is 0 Å². The number of nitrogens with two attached hydrogens (primary N) is 1. The van der Waals surface area contributed by atoms with E-state index in [0.717, 1.165) is 12.0 Å². The van der Waals surface area contributed by atoms with Crippen LogP contribution in [0.15, 0.2) is 48.4 Å². The Bertz CT molecular complexity index is 1270. The molecule has 0 saturated heterocycles. The number of hydrogen-bond acceptors (Lipinski definition) is 8. The highest BCUT2D eigenvalue weighted by molar-refractivity contribution is 7.09. The fourth-order valence-corrected chi connectivity index (χ4v) is 5.94. The van der Waals surface area contributed by atoms with Crippen molar-refractivity contribution >= 4 is 29.1 Å². The van der Waals surface area contributed by atoms with E-state index in [1.807, 2.05) is 58.0 Å². The number of terminal acetylenes is 1. The summed E-state index contributed by atoms with van der Waals surface area (Å²) >= 11 is 1.31. The summed E-state index contributed by atoms with van der Waals surface area (Å²) < 4.78 is 11.3. The number of aromatic nitrogens is 1. The fourth-order valence-electron chi connectivity index (χ4n) is 5.08. The maximum atomic E-state index is 13.5. The maximum absolute atomic E-state index is 13.5. The van der Waals surface area contributed by atoms with Gasteiger partial charge in [-0.3, -0.25) is 14.4 Å². The minimum absolute atomic E-state index is 0.0489. The van der Waals surface area contributed by atoms with E-state index in [9.17, 15) is 14.4 Å².